The molecule has 5 nitrogen and oxygen atoms in total. The minimum Gasteiger partial charge on any atom is -0.346 e. The van der Waals surface area contributed by atoms with E-state index in [4.69, 9.17) is 0 Å². The molecule has 1 aliphatic heterocycles. The number of nitriles is 1. The molecule has 31 heavy (non-hydrogen) atoms. The number of carbonyl (C=O) groups excluding carboxylic acids is 2. The molecule has 0 bridgehead atoms. The largest absolute Gasteiger partial charge is 0.346 e. The molecule has 0 saturated carbocycles. The number of likely N-dealkylation sites (tertiary alicyclic amines) is 1. The van der Waals surface area contributed by atoms with Gasteiger partial charge in [0.2, 0.25) is 5.91 Å². The average Bonchev–Trinajstić information content (AvgIpc) is 2.82. The molecule has 0 N–H and O–H groups in total. The maximum Gasteiger partial charge on any atom is 0.255 e. The van der Waals surface area contributed by atoms with Gasteiger partial charge in [-0.25, -0.2) is 0 Å². The topological polar surface area (TPSA) is 64.4 Å². The van der Waals surface area contributed by atoms with Gasteiger partial charge in [-0.2, -0.15) is 5.26 Å². The second kappa shape index (κ2) is 11.0. The van der Waals surface area contributed by atoms with Crippen LogP contribution >= 0.6 is 11.8 Å². The molecule has 0 aromatic heterocycles. The predicted octanol–water partition coefficient (Wildman–Crippen LogP) is 4.82. The van der Waals surface area contributed by atoms with E-state index in [1.165, 1.54) is 11.8 Å². The molecule has 2 amide bonds. The number of hydrogen-bond acceptors (Lipinski definition) is 4. The number of hydrogen-bond donors (Lipinski definition) is 0. The van der Waals surface area contributed by atoms with Crippen LogP contribution in [0.1, 0.15) is 48.5 Å². The number of piperidine rings is 1. The van der Waals surface area contributed by atoms with Gasteiger partial charge < -0.3 is 9.80 Å². The lowest BCUT2D eigenvalue weighted by molar-refractivity contribution is -0.135. The second-order valence-electron chi connectivity index (χ2n) is 7.89. The van der Waals surface area contributed by atoms with Gasteiger partial charge >= 0.3 is 0 Å². The van der Waals surface area contributed by atoms with Crippen LogP contribution in [0.15, 0.2) is 58.3 Å². The molecule has 0 radical (unpaired) electrons. The minimum atomic E-state index is -0.0113. The molecular formula is C25H29N3O2S. The van der Waals surface area contributed by atoms with Crippen molar-refractivity contribution in [1.82, 2.24) is 9.80 Å². The van der Waals surface area contributed by atoms with Crippen LogP contribution in [0.3, 0.4) is 0 Å². The van der Waals surface area contributed by atoms with Crippen LogP contribution in [-0.2, 0) is 4.79 Å². The van der Waals surface area contributed by atoms with E-state index >= 15 is 0 Å². The lowest BCUT2D eigenvalue weighted by atomic mass is 9.94. The predicted molar refractivity (Wildman–Crippen MR) is 123 cm³/mol. The van der Waals surface area contributed by atoms with Gasteiger partial charge in [0, 0.05) is 42.4 Å². The lowest BCUT2D eigenvalue weighted by Crippen LogP contribution is -2.43. The number of carbonyl (C=O) groups is 2. The van der Waals surface area contributed by atoms with E-state index in [0.717, 1.165) is 29.2 Å². The SMILES string of the molecule is CCCCN(C)C(=O)C1CCN(C(=O)c2ccccc2Sc2ccccc2C#N)CC1. The van der Waals surface area contributed by atoms with Crippen LogP contribution in [0.2, 0.25) is 0 Å². The number of benzene rings is 2. The van der Waals surface area contributed by atoms with Gasteiger partial charge in [-0.3, -0.25) is 9.59 Å². The highest BCUT2D eigenvalue weighted by Crippen LogP contribution is 2.33. The van der Waals surface area contributed by atoms with Gasteiger partial charge in [-0.05, 0) is 43.5 Å². The number of nitrogens with zero attached hydrogens (tertiary/aromatic N) is 3. The van der Waals surface area contributed by atoms with E-state index < -0.39 is 0 Å². The Balaban J connectivity index is 1.67. The third-order valence-electron chi connectivity index (χ3n) is 5.70. The summed E-state index contributed by atoms with van der Waals surface area (Å²) in [6.45, 7) is 4.09. The van der Waals surface area contributed by atoms with Crippen LogP contribution in [0, 0.1) is 17.2 Å². The smallest absolute Gasteiger partial charge is 0.255 e. The van der Waals surface area contributed by atoms with Crippen molar-refractivity contribution in [3.63, 3.8) is 0 Å². The van der Waals surface area contributed by atoms with E-state index in [0.29, 0.717) is 37.1 Å². The molecule has 0 atom stereocenters. The van der Waals surface area contributed by atoms with E-state index in [9.17, 15) is 14.9 Å². The van der Waals surface area contributed by atoms with E-state index in [-0.39, 0.29) is 17.7 Å². The first-order chi connectivity index (χ1) is 15.0. The van der Waals surface area contributed by atoms with Crippen molar-refractivity contribution in [3.8, 4) is 6.07 Å². The molecule has 162 valence electrons. The average molecular weight is 436 g/mol. The summed E-state index contributed by atoms with van der Waals surface area (Å²) in [4.78, 5) is 31.3. The number of rotatable bonds is 7. The third-order valence-corrected chi connectivity index (χ3v) is 6.85. The molecule has 6 heteroatoms. The van der Waals surface area contributed by atoms with Crippen LogP contribution in [0.25, 0.3) is 0 Å². The van der Waals surface area contributed by atoms with Gasteiger partial charge in [-0.15, -0.1) is 0 Å². The molecule has 1 fully saturated rings. The van der Waals surface area contributed by atoms with Crippen molar-refractivity contribution in [1.29, 1.82) is 5.26 Å². The molecule has 1 heterocycles. The van der Waals surface area contributed by atoms with Crippen molar-refractivity contribution in [2.75, 3.05) is 26.7 Å². The van der Waals surface area contributed by atoms with E-state index in [1.807, 2.05) is 59.3 Å². The Bertz CT molecular complexity index is 961. The van der Waals surface area contributed by atoms with Gasteiger partial charge in [0.15, 0.2) is 0 Å². The molecular weight excluding hydrogens is 406 g/mol. The summed E-state index contributed by atoms with van der Waals surface area (Å²) in [5, 5.41) is 9.37. The normalized spacial score (nSPS) is 14.2. The summed E-state index contributed by atoms with van der Waals surface area (Å²) in [5.74, 6) is 0.186. The first-order valence-electron chi connectivity index (χ1n) is 10.9. The van der Waals surface area contributed by atoms with Crippen LogP contribution in [0.5, 0.6) is 0 Å². The third kappa shape index (κ3) is 5.68. The first kappa shape index (κ1) is 22.9. The van der Waals surface area contributed by atoms with Crippen LogP contribution < -0.4 is 0 Å². The molecule has 0 unspecified atom stereocenters. The maximum absolute atomic E-state index is 13.3. The van der Waals surface area contributed by atoms with E-state index in [1.54, 1.807) is 6.07 Å². The summed E-state index contributed by atoms with van der Waals surface area (Å²) >= 11 is 1.44. The summed E-state index contributed by atoms with van der Waals surface area (Å²) < 4.78 is 0. The fraction of sp³-hybridized carbons (Fsp3) is 0.400. The first-order valence-corrected chi connectivity index (χ1v) is 11.7. The van der Waals surface area contributed by atoms with Gasteiger partial charge in [-0.1, -0.05) is 49.4 Å². The quantitative estimate of drug-likeness (QED) is 0.625. The highest BCUT2D eigenvalue weighted by atomic mass is 32.2. The van der Waals surface area contributed by atoms with Crippen LogP contribution in [-0.4, -0.2) is 48.3 Å². The Labute approximate surface area is 189 Å². The highest BCUT2D eigenvalue weighted by molar-refractivity contribution is 7.99. The lowest BCUT2D eigenvalue weighted by Gasteiger charge is -2.33. The Morgan fingerprint density at radius 1 is 1.10 bits per heavy atom. The summed E-state index contributed by atoms with van der Waals surface area (Å²) in [5.41, 5.74) is 1.24. The number of unbranched alkanes of at least 4 members (excludes halogenated alkanes) is 1. The number of amides is 2. The fourth-order valence-electron chi connectivity index (χ4n) is 3.82. The Hall–Kier alpha value is -2.78. The molecule has 1 aliphatic rings. The highest BCUT2D eigenvalue weighted by Gasteiger charge is 2.30. The monoisotopic (exact) mass is 435 g/mol. The Morgan fingerprint density at radius 3 is 2.42 bits per heavy atom. The molecule has 2 aromatic carbocycles. The summed E-state index contributed by atoms with van der Waals surface area (Å²) in [6.07, 6.45) is 3.49. The Morgan fingerprint density at radius 2 is 1.74 bits per heavy atom. The van der Waals surface area contributed by atoms with Crippen molar-refractivity contribution >= 4 is 23.6 Å². The second-order valence-corrected chi connectivity index (χ2v) is 8.97. The van der Waals surface area contributed by atoms with Gasteiger partial charge in [0.1, 0.15) is 6.07 Å². The minimum absolute atomic E-state index is 0.00182. The fourth-order valence-corrected chi connectivity index (χ4v) is 4.83. The van der Waals surface area contributed by atoms with Crippen molar-refractivity contribution in [2.24, 2.45) is 5.92 Å². The molecule has 2 aromatic rings. The van der Waals surface area contributed by atoms with Crippen molar-refractivity contribution < 1.29 is 9.59 Å². The van der Waals surface area contributed by atoms with Crippen LogP contribution in [0.4, 0.5) is 0 Å². The molecule has 1 saturated heterocycles. The van der Waals surface area contributed by atoms with Crippen molar-refractivity contribution in [2.45, 2.75) is 42.4 Å². The molecule has 0 aliphatic carbocycles. The zero-order valence-electron chi connectivity index (χ0n) is 18.2. The maximum atomic E-state index is 13.3. The molecule has 3 rings (SSSR count). The van der Waals surface area contributed by atoms with Gasteiger partial charge in [0.25, 0.3) is 5.91 Å². The van der Waals surface area contributed by atoms with Crippen molar-refractivity contribution in [3.05, 3.63) is 59.7 Å². The van der Waals surface area contributed by atoms with E-state index in [2.05, 4.69) is 13.0 Å². The summed E-state index contributed by atoms with van der Waals surface area (Å²) in [6, 6.07) is 17.2. The zero-order chi connectivity index (χ0) is 22.2. The summed E-state index contributed by atoms with van der Waals surface area (Å²) in [7, 11) is 1.88. The molecule has 0 spiro atoms. The standard InChI is InChI=1S/C25H29N3O2S/c1-3-4-15-27(2)24(29)19-13-16-28(17-14-19)25(30)21-10-6-8-12-23(21)31-22-11-7-5-9-20(22)18-26/h5-12,19H,3-4,13-17H2,1-2H3. The Kier molecular flexibility index (Phi) is 8.13. The zero-order valence-corrected chi connectivity index (χ0v) is 19.0. The van der Waals surface area contributed by atoms with Gasteiger partial charge in [0.05, 0.1) is 11.1 Å².